The number of methoxy groups -OCH3 is 1. The number of hydrogen-bond acceptors (Lipinski definition) is 6. The Morgan fingerprint density at radius 1 is 1.27 bits per heavy atom. The third-order valence-corrected chi connectivity index (χ3v) is 2.82. The molecule has 1 aromatic carbocycles. The maximum Gasteiger partial charge on any atom is 0.328 e. The molecule has 0 unspecified atom stereocenters. The lowest BCUT2D eigenvalue weighted by atomic mass is 10.1. The second kappa shape index (κ2) is 9.48. The maximum absolute atomic E-state index is 11.8. The number of carboxylic acid groups (broad SMARTS) is 1. The van der Waals surface area contributed by atoms with E-state index in [1.165, 1.54) is 7.11 Å². The van der Waals surface area contributed by atoms with E-state index in [2.05, 4.69) is 10.1 Å². The SMILES string of the molecule is COC(=O)[C@H](Cc1ccccc1)NC(=O)[C@@H](N)CC(=O)O.N. The van der Waals surface area contributed by atoms with Gasteiger partial charge in [-0.1, -0.05) is 30.3 Å². The van der Waals surface area contributed by atoms with Gasteiger partial charge in [-0.3, -0.25) is 9.59 Å². The Bertz CT molecular complexity index is 506. The molecule has 0 aromatic heterocycles. The molecule has 0 radical (unpaired) electrons. The van der Waals surface area contributed by atoms with Gasteiger partial charge in [0.15, 0.2) is 0 Å². The Balaban J connectivity index is 0.00000441. The van der Waals surface area contributed by atoms with Gasteiger partial charge in [-0.2, -0.15) is 0 Å². The van der Waals surface area contributed by atoms with Gasteiger partial charge in [-0.25, -0.2) is 4.79 Å². The van der Waals surface area contributed by atoms with Gasteiger partial charge in [-0.05, 0) is 5.56 Å². The van der Waals surface area contributed by atoms with Gasteiger partial charge in [0.05, 0.1) is 19.6 Å². The summed E-state index contributed by atoms with van der Waals surface area (Å²) in [6.07, 6.45) is -0.274. The fraction of sp³-hybridized carbons (Fsp3) is 0.357. The molecule has 0 saturated heterocycles. The second-order valence-corrected chi connectivity index (χ2v) is 4.48. The summed E-state index contributed by atoms with van der Waals surface area (Å²) in [6.45, 7) is 0. The lowest BCUT2D eigenvalue weighted by Crippen LogP contribution is -2.50. The van der Waals surface area contributed by atoms with Gasteiger partial charge in [0.2, 0.25) is 5.91 Å². The zero-order valence-electron chi connectivity index (χ0n) is 12.3. The van der Waals surface area contributed by atoms with Crippen molar-refractivity contribution in [1.29, 1.82) is 0 Å². The van der Waals surface area contributed by atoms with Crippen molar-refractivity contribution in [2.75, 3.05) is 7.11 Å². The van der Waals surface area contributed by atoms with E-state index >= 15 is 0 Å². The number of esters is 1. The number of carbonyl (C=O) groups is 3. The highest BCUT2D eigenvalue weighted by atomic mass is 16.5. The first kappa shape index (κ1) is 19.6. The van der Waals surface area contributed by atoms with E-state index in [9.17, 15) is 14.4 Å². The van der Waals surface area contributed by atoms with E-state index < -0.39 is 36.4 Å². The monoisotopic (exact) mass is 311 g/mol. The van der Waals surface area contributed by atoms with Crippen molar-refractivity contribution in [3.63, 3.8) is 0 Å². The van der Waals surface area contributed by atoms with Crippen LogP contribution in [0.2, 0.25) is 0 Å². The predicted octanol–water partition coefficient (Wildman–Crippen LogP) is -0.149. The molecule has 1 rings (SSSR count). The van der Waals surface area contributed by atoms with Crippen molar-refractivity contribution in [2.45, 2.75) is 24.9 Å². The topological polar surface area (TPSA) is 154 Å². The van der Waals surface area contributed by atoms with Crippen LogP contribution in [0.1, 0.15) is 12.0 Å². The van der Waals surface area contributed by atoms with Gasteiger partial charge in [0, 0.05) is 6.42 Å². The van der Waals surface area contributed by atoms with Crippen LogP contribution < -0.4 is 17.2 Å². The fourth-order valence-corrected chi connectivity index (χ4v) is 1.74. The normalized spacial score (nSPS) is 12.5. The highest BCUT2D eigenvalue weighted by Crippen LogP contribution is 2.05. The quantitative estimate of drug-likeness (QED) is 0.510. The van der Waals surface area contributed by atoms with Crippen LogP contribution in [-0.2, 0) is 25.5 Å². The standard InChI is InChI=1S/C14H18N2O5.H3N/c1-21-14(20)11(7-9-5-3-2-4-6-9)16-13(19)10(15)8-12(17)18;/h2-6,10-11H,7-8,15H2,1H3,(H,16,19)(H,17,18);1H3/t10-,11-;/m0./s1. The molecule has 0 heterocycles. The highest BCUT2D eigenvalue weighted by molar-refractivity contribution is 5.89. The number of amides is 1. The first-order chi connectivity index (χ1) is 9.93. The van der Waals surface area contributed by atoms with Crippen LogP contribution in [0.5, 0.6) is 0 Å². The molecule has 0 saturated carbocycles. The third kappa shape index (κ3) is 6.33. The molecule has 0 aliphatic rings. The second-order valence-electron chi connectivity index (χ2n) is 4.48. The Hall–Kier alpha value is -2.45. The van der Waals surface area contributed by atoms with Crippen LogP contribution in [0, 0.1) is 0 Å². The van der Waals surface area contributed by atoms with Crippen molar-refractivity contribution in [3.05, 3.63) is 35.9 Å². The first-order valence-corrected chi connectivity index (χ1v) is 6.33. The largest absolute Gasteiger partial charge is 0.481 e. The van der Waals surface area contributed by atoms with Crippen LogP contribution in [0.25, 0.3) is 0 Å². The number of carbonyl (C=O) groups excluding carboxylic acids is 2. The van der Waals surface area contributed by atoms with Gasteiger partial charge in [0.1, 0.15) is 6.04 Å². The number of benzene rings is 1. The van der Waals surface area contributed by atoms with Gasteiger partial charge in [0.25, 0.3) is 0 Å². The predicted molar refractivity (Wildman–Crippen MR) is 79.3 cm³/mol. The van der Waals surface area contributed by atoms with Crippen LogP contribution >= 0.6 is 0 Å². The molecule has 7 N–H and O–H groups in total. The molecule has 2 atom stereocenters. The summed E-state index contributed by atoms with van der Waals surface area (Å²) in [5.74, 6) is -2.51. The molecular formula is C14H21N3O5. The van der Waals surface area contributed by atoms with Gasteiger partial charge < -0.3 is 27.0 Å². The zero-order chi connectivity index (χ0) is 15.8. The summed E-state index contributed by atoms with van der Waals surface area (Å²) in [6, 6.07) is 6.93. The van der Waals surface area contributed by atoms with E-state index in [1.807, 2.05) is 18.2 Å². The molecular weight excluding hydrogens is 290 g/mol. The molecule has 22 heavy (non-hydrogen) atoms. The number of ether oxygens (including phenoxy) is 1. The van der Waals surface area contributed by atoms with Crippen molar-refractivity contribution < 1.29 is 24.2 Å². The Kier molecular flexibility index (Phi) is 8.42. The molecule has 8 nitrogen and oxygen atoms in total. The number of nitrogens with one attached hydrogen (secondary N) is 1. The van der Waals surface area contributed by atoms with Crippen molar-refractivity contribution in [3.8, 4) is 0 Å². The molecule has 0 fully saturated rings. The summed E-state index contributed by atoms with van der Waals surface area (Å²) < 4.78 is 4.64. The highest BCUT2D eigenvalue weighted by Gasteiger charge is 2.25. The molecule has 1 amide bonds. The molecule has 0 aliphatic heterocycles. The number of rotatable bonds is 7. The Morgan fingerprint density at radius 2 is 1.86 bits per heavy atom. The van der Waals surface area contributed by atoms with E-state index in [0.717, 1.165) is 5.56 Å². The molecule has 0 aliphatic carbocycles. The lowest BCUT2D eigenvalue weighted by Gasteiger charge is -2.18. The summed E-state index contributed by atoms with van der Waals surface area (Å²) in [4.78, 5) is 34.0. The van der Waals surface area contributed by atoms with E-state index in [4.69, 9.17) is 10.8 Å². The average Bonchev–Trinajstić information content (AvgIpc) is 2.46. The number of nitrogens with two attached hydrogens (primary N) is 1. The Labute approximate surface area is 128 Å². The van der Waals surface area contributed by atoms with Gasteiger partial charge >= 0.3 is 11.9 Å². The van der Waals surface area contributed by atoms with E-state index in [-0.39, 0.29) is 12.6 Å². The summed E-state index contributed by atoms with van der Waals surface area (Å²) in [5, 5.41) is 11.0. The number of carboxylic acids is 1. The smallest absolute Gasteiger partial charge is 0.328 e. The van der Waals surface area contributed by atoms with Crippen LogP contribution in [-0.4, -0.2) is 42.1 Å². The molecule has 1 aromatic rings. The van der Waals surface area contributed by atoms with Crippen molar-refractivity contribution >= 4 is 17.8 Å². The zero-order valence-corrected chi connectivity index (χ0v) is 12.3. The van der Waals surface area contributed by atoms with Crippen molar-refractivity contribution in [2.24, 2.45) is 5.73 Å². The first-order valence-electron chi connectivity index (χ1n) is 6.33. The van der Waals surface area contributed by atoms with E-state index in [1.54, 1.807) is 12.1 Å². The molecule has 0 bridgehead atoms. The minimum Gasteiger partial charge on any atom is -0.481 e. The maximum atomic E-state index is 11.8. The Morgan fingerprint density at radius 3 is 2.36 bits per heavy atom. The van der Waals surface area contributed by atoms with Crippen LogP contribution in [0.15, 0.2) is 30.3 Å². The molecule has 0 spiro atoms. The number of aliphatic carboxylic acids is 1. The fourth-order valence-electron chi connectivity index (χ4n) is 1.74. The minimum atomic E-state index is -1.22. The number of hydrogen-bond donors (Lipinski definition) is 4. The lowest BCUT2D eigenvalue weighted by molar-refractivity contribution is -0.145. The summed E-state index contributed by atoms with van der Waals surface area (Å²) in [5.41, 5.74) is 6.29. The summed E-state index contributed by atoms with van der Waals surface area (Å²) >= 11 is 0. The van der Waals surface area contributed by atoms with E-state index in [0.29, 0.717) is 0 Å². The molecule has 122 valence electrons. The van der Waals surface area contributed by atoms with Crippen LogP contribution in [0.3, 0.4) is 0 Å². The van der Waals surface area contributed by atoms with Crippen LogP contribution in [0.4, 0.5) is 0 Å². The molecule has 8 heteroatoms. The third-order valence-electron chi connectivity index (χ3n) is 2.82. The van der Waals surface area contributed by atoms with Gasteiger partial charge in [-0.15, -0.1) is 0 Å². The van der Waals surface area contributed by atoms with Crippen molar-refractivity contribution in [1.82, 2.24) is 11.5 Å². The minimum absolute atomic E-state index is 0. The average molecular weight is 311 g/mol. The summed E-state index contributed by atoms with van der Waals surface area (Å²) in [7, 11) is 1.21.